The summed E-state index contributed by atoms with van der Waals surface area (Å²) in [4.78, 5) is 16.1. The van der Waals surface area contributed by atoms with Crippen LogP contribution in [0.3, 0.4) is 0 Å². The van der Waals surface area contributed by atoms with Gasteiger partial charge in [0.25, 0.3) is 0 Å². The topological polar surface area (TPSA) is 64.0 Å². The Balaban J connectivity index is 1.70. The number of amides is 1. The van der Waals surface area contributed by atoms with Gasteiger partial charge in [0.15, 0.2) is 0 Å². The number of carbonyl (C=O) groups is 1. The van der Waals surface area contributed by atoms with Crippen LogP contribution in [0.1, 0.15) is 12.0 Å². The lowest BCUT2D eigenvalue weighted by Gasteiger charge is -2.30. The third kappa shape index (κ3) is 2.57. The van der Waals surface area contributed by atoms with Gasteiger partial charge in [-0.25, -0.2) is 0 Å². The van der Waals surface area contributed by atoms with Gasteiger partial charge in [0.2, 0.25) is 5.91 Å². The van der Waals surface area contributed by atoms with Crippen LogP contribution in [-0.2, 0) is 11.2 Å². The molecule has 3 rings (SSSR count). The molecule has 0 aliphatic carbocycles. The quantitative estimate of drug-likeness (QED) is 0.798. The first kappa shape index (κ1) is 13.5. The first-order valence-electron chi connectivity index (χ1n) is 7.12. The highest BCUT2D eigenvalue weighted by atomic mass is 16.3. The molecule has 1 fully saturated rings. The van der Waals surface area contributed by atoms with Crippen molar-refractivity contribution in [2.24, 2.45) is 0 Å². The number of fused-ring (bicyclic) bond motifs is 1. The van der Waals surface area contributed by atoms with Crippen molar-refractivity contribution in [3.8, 4) is 0 Å². The molecule has 1 saturated heterocycles. The smallest absolute Gasteiger partial charge is 0.241 e. The molecule has 0 unspecified atom stereocenters. The molecule has 5 nitrogen and oxygen atoms in total. The lowest BCUT2D eigenvalue weighted by molar-refractivity contribution is -0.119. The second-order valence-electron chi connectivity index (χ2n) is 5.61. The summed E-state index contributed by atoms with van der Waals surface area (Å²) >= 11 is 0. The molecule has 108 valence electrons. The highest BCUT2D eigenvalue weighted by molar-refractivity contribution is 5.96. The summed E-state index contributed by atoms with van der Waals surface area (Å²) in [5, 5.41) is 19.1. The Morgan fingerprint density at radius 2 is 1.90 bits per heavy atom. The van der Waals surface area contributed by atoms with Gasteiger partial charge in [-0.2, -0.15) is 0 Å². The molecule has 0 aromatic heterocycles. The van der Waals surface area contributed by atoms with E-state index >= 15 is 0 Å². The Hall–Kier alpha value is -1.43. The summed E-state index contributed by atoms with van der Waals surface area (Å²) < 4.78 is 0. The monoisotopic (exact) mass is 276 g/mol. The van der Waals surface area contributed by atoms with Crippen LogP contribution in [0.15, 0.2) is 24.3 Å². The van der Waals surface area contributed by atoms with Crippen molar-refractivity contribution < 1.29 is 15.0 Å². The minimum Gasteiger partial charge on any atom is -0.389 e. The van der Waals surface area contributed by atoms with E-state index in [2.05, 4.69) is 6.07 Å². The standard InChI is InChI=1S/C15H20N2O3/c18-13-8-16(9-14(13)19)10-15(20)17-7-3-5-11-4-1-2-6-12(11)17/h1-2,4,6,13-14,18-19H,3,5,7-10H2/t13-,14+. The predicted octanol–water partition coefficient (Wildman–Crippen LogP) is 0.00320. The van der Waals surface area contributed by atoms with E-state index in [1.54, 1.807) is 0 Å². The number of β-amino-alcohol motifs (C(OH)–C–C–N with tert-alkyl or cyclic N) is 2. The Bertz CT molecular complexity index is 496. The second-order valence-corrected chi connectivity index (χ2v) is 5.61. The normalized spacial score (nSPS) is 26.6. The predicted molar refractivity (Wildman–Crippen MR) is 75.6 cm³/mol. The number of benzene rings is 1. The maximum absolute atomic E-state index is 12.5. The first-order chi connectivity index (χ1) is 9.65. The van der Waals surface area contributed by atoms with Gasteiger partial charge in [0.1, 0.15) is 0 Å². The number of aliphatic hydroxyl groups is 2. The average Bonchev–Trinajstić information content (AvgIpc) is 2.76. The number of aryl methyl sites for hydroxylation is 1. The van der Waals surface area contributed by atoms with Crippen LogP contribution in [0.5, 0.6) is 0 Å². The summed E-state index contributed by atoms with van der Waals surface area (Å²) in [6.07, 6.45) is 0.516. The van der Waals surface area contributed by atoms with E-state index in [-0.39, 0.29) is 12.5 Å². The van der Waals surface area contributed by atoms with E-state index in [9.17, 15) is 15.0 Å². The number of likely N-dealkylation sites (tertiary alicyclic amines) is 1. The minimum atomic E-state index is -0.739. The van der Waals surface area contributed by atoms with E-state index in [1.807, 2.05) is 28.0 Å². The molecule has 0 bridgehead atoms. The highest BCUT2D eigenvalue weighted by Gasteiger charge is 2.32. The number of hydrogen-bond donors (Lipinski definition) is 2. The second kappa shape index (κ2) is 5.52. The molecule has 0 saturated carbocycles. The number of anilines is 1. The molecular weight excluding hydrogens is 256 g/mol. The number of rotatable bonds is 2. The maximum atomic E-state index is 12.5. The zero-order valence-electron chi connectivity index (χ0n) is 11.4. The van der Waals surface area contributed by atoms with Crippen molar-refractivity contribution >= 4 is 11.6 Å². The Morgan fingerprint density at radius 1 is 1.20 bits per heavy atom. The molecule has 2 aliphatic heterocycles. The lowest BCUT2D eigenvalue weighted by Crippen LogP contribution is -2.42. The fraction of sp³-hybridized carbons (Fsp3) is 0.533. The summed E-state index contributed by atoms with van der Waals surface area (Å²) in [5.74, 6) is 0.0402. The molecule has 2 atom stereocenters. The maximum Gasteiger partial charge on any atom is 0.241 e. The van der Waals surface area contributed by atoms with E-state index < -0.39 is 12.2 Å². The van der Waals surface area contributed by atoms with Crippen molar-refractivity contribution in [1.29, 1.82) is 0 Å². The van der Waals surface area contributed by atoms with Crippen molar-refractivity contribution in [3.05, 3.63) is 29.8 Å². The zero-order chi connectivity index (χ0) is 14.1. The van der Waals surface area contributed by atoms with Crippen molar-refractivity contribution in [3.63, 3.8) is 0 Å². The van der Waals surface area contributed by atoms with Crippen LogP contribution in [0.4, 0.5) is 5.69 Å². The van der Waals surface area contributed by atoms with E-state index in [4.69, 9.17) is 0 Å². The Morgan fingerprint density at radius 3 is 2.65 bits per heavy atom. The van der Waals surface area contributed by atoms with Crippen LogP contribution in [0.25, 0.3) is 0 Å². The molecular formula is C15H20N2O3. The molecule has 20 heavy (non-hydrogen) atoms. The average molecular weight is 276 g/mol. The number of para-hydroxylation sites is 1. The van der Waals surface area contributed by atoms with E-state index in [0.717, 1.165) is 25.1 Å². The van der Waals surface area contributed by atoms with Gasteiger partial charge < -0.3 is 15.1 Å². The third-order valence-corrected chi connectivity index (χ3v) is 4.10. The fourth-order valence-electron chi connectivity index (χ4n) is 3.05. The summed E-state index contributed by atoms with van der Waals surface area (Å²) in [7, 11) is 0. The lowest BCUT2D eigenvalue weighted by atomic mass is 10.0. The summed E-state index contributed by atoms with van der Waals surface area (Å²) in [5.41, 5.74) is 2.22. The molecule has 5 heteroatoms. The molecule has 2 aliphatic rings. The van der Waals surface area contributed by atoms with Gasteiger partial charge in [0, 0.05) is 25.3 Å². The fourth-order valence-corrected chi connectivity index (χ4v) is 3.05. The SMILES string of the molecule is O=C(CN1C[C@@H](O)[C@@H](O)C1)N1CCCc2ccccc21. The molecule has 1 aromatic rings. The van der Waals surface area contributed by atoms with E-state index in [0.29, 0.717) is 13.1 Å². The number of carbonyl (C=O) groups excluding carboxylic acids is 1. The third-order valence-electron chi connectivity index (χ3n) is 4.10. The van der Waals surface area contributed by atoms with Crippen LogP contribution < -0.4 is 4.90 Å². The first-order valence-corrected chi connectivity index (χ1v) is 7.12. The van der Waals surface area contributed by atoms with Gasteiger partial charge in [-0.05, 0) is 24.5 Å². The van der Waals surface area contributed by atoms with Crippen LogP contribution in [-0.4, -0.2) is 59.4 Å². The van der Waals surface area contributed by atoms with Crippen molar-refractivity contribution in [2.45, 2.75) is 25.0 Å². The van der Waals surface area contributed by atoms with E-state index in [1.165, 1.54) is 5.56 Å². The van der Waals surface area contributed by atoms with Crippen LogP contribution >= 0.6 is 0 Å². The minimum absolute atomic E-state index is 0.0402. The van der Waals surface area contributed by atoms with Crippen LogP contribution in [0, 0.1) is 0 Å². The Kier molecular flexibility index (Phi) is 3.74. The number of aliphatic hydroxyl groups excluding tert-OH is 2. The summed E-state index contributed by atoms with van der Waals surface area (Å²) in [6.45, 7) is 1.72. The van der Waals surface area contributed by atoms with Gasteiger partial charge in [-0.15, -0.1) is 0 Å². The van der Waals surface area contributed by atoms with Gasteiger partial charge in [-0.1, -0.05) is 18.2 Å². The van der Waals surface area contributed by atoms with Gasteiger partial charge in [0.05, 0.1) is 18.8 Å². The highest BCUT2D eigenvalue weighted by Crippen LogP contribution is 2.27. The molecule has 2 heterocycles. The van der Waals surface area contributed by atoms with Gasteiger partial charge in [-0.3, -0.25) is 9.69 Å². The zero-order valence-corrected chi connectivity index (χ0v) is 11.4. The van der Waals surface area contributed by atoms with Crippen molar-refractivity contribution in [2.75, 3.05) is 31.1 Å². The molecule has 2 N–H and O–H groups in total. The Labute approximate surface area is 118 Å². The van der Waals surface area contributed by atoms with Crippen molar-refractivity contribution in [1.82, 2.24) is 4.90 Å². The number of hydrogen-bond acceptors (Lipinski definition) is 4. The molecule has 1 aromatic carbocycles. The van der Waals surface area contributed by atoms with Crippen LogP contribution in [0.2, 0.25) is 0 Å². The summed E-state index contributed by atoms with van der Waals surface area (Å²) in [6, 6.07) is 8.01. The molecule has 0 radical (unpaired) electrons. The van der Waals surface area contributed by atoms with Gasteiger partial charge >= 0.3 is 0 Å². The molecule has 1 amide bonds. The largest absolute Gasteiger partial charge is 0.389 e. The molecule has 0 spiro atoms. The number of nitrogens with zero attached hydrogens (tertiary/aromatic N) is 2.